The second-order valence-corrected chi connectivity index (χ2v) is 9.39. The first-order chi connectivity index (χ1) is 17.9. The standard InChI is InChI=1S/C30H33F2NO4/c1-19(20-17-26(35-2)28(37-4)27(18-20)36-3)29(34)30(23-13-15-33-16-14-23,21-5-9-24(31)10-6-21)22-7-11-25(32)12-8-22/h5-12,17-19,23,33H,13-16H2,1-4H3. The first-order valence-electron chi connectivity index (χ1n) is 12.4. The Morgan fingerprint density at radius 3 is 1.70 bits per heavy atom. The summed E-state index contributed by atoms with van der Waals surface area (Å²) in [5.74, 6) is -0.165. The highest BCUT2D eigenvalue weighted by Crippen LogP contribution is 2.48. The Morgan fingerprint density at radius 2 is 1.30 bits per heavy atom. The summed E-state index contributed by atoms with van der Waals surface area (Å²) in [6, 6.07) is 15.8. The average Bonchev–Trinajstić information content (AvgIpc) is 2.94. The normalized spacial score (nSPS) is 15.2. The summed E-state index contributed by atoms with van der Waals surface area (Å²) in [5, 5.41) is 3.37. The summed E-state index contributed by atoms with van der Waals surface area (Å²) in [6.45, 7) is 3.35. The van der Waals surface area contributed by atoms with Crippen LogP contribution in [0.2, 0.25) is 0 Å². The highest BCUT2D eigenvalue weighted by molar-refractivity contribution is 5.99. The van der Waals surface area contributed by atoms with Crippen LogP contribution in [0.5, 0.6) is 17.2 Å². The Morgan fingerprint density at radius 1 is 0.838 bits per heavy atom. The number of carbonyl (C=O) groups is 1. The zero-order valence-corrected chi connectivity index (χ0v) is 21.6. The number of methoxy groups -OCH3 is 3. The van der Waals surface area contributed by atoms with Crippen LogP contribution in [0.25, 0.3) is 0 Å². The summed E-state index contributed by atoms with van der Waals surface area (Å²) in [4.78, 5) is 14.9. The number of piperidine rings is 1. The lowest BCUT2D eigenvalue weighted by Crippen LogP contribution is -2.49. The quantitative estimate of drug-likeness (QED) is 0.404. The molecule has 1 fully saturated rings. The predicted octanol–water partition coefficient (Wildman–Crippen LogP) is 5.65. The number of ketones is 1. The zero-order chi connectivity index (χ0) is 26.6. The first-order valence-corrected chi connectivity index (χ1v) is 12.4. The SMILES string of the molecule is COc1cc(C(C)C(=O)C(c2ccc(F)cc2)(c2ccc(F)cc2)C2CCNCC2)cc(OC)c1OC. The fraction of sp³-hybridized carbons (Fsp3) is 0.367. The van der Waals surface area contributed by atoms with Crippen molar-refractivity contribution in [2.75, 3.05) is 34.4 Å². The number of hydrogen-bond donors (Lipinski definition) is 1. The van der Waals surface area contributed by atoms with E-state index in [0.717, 1.165) is 25.9 Å². The Bertz CT molecular complexity index is 1150. The summed E-state index contributed by atoms with van der Waals surface area (Å²) in [6.07, 6.45) is 1.48. The van der Waals surface area contributed by atoms with Crippen molar-refractivity contribution in [2.24, 2.45) is 5.92 Å². The second-order valence-electron chi connectivity index (χ2n) is 9.39. The molecule has 1 atom stereocenters. The minimum absolute atomic E-state index is 0.0631. The maximum Gasteiger partial charge on any atom is 0.203 e. The van der Waals surface area contributed by atoms with Crippen molar-refractivity contribution in [3.05, 3.63) is 89.0 Å². The van der Waals surface area contributed by atoms with E-state index in [4.69, 9.17) is 14.2 Å². The van der Waals surface area contributed by atoms with Gasteiger partial charge in [0, 0.05) is 5.92 Å². The molecule has 1 heterocycles. The van der Waals surface area contributed by atoms with E-state index >= 15 is 0 Å². The molecule has 0 bridgehead atoms. The van der Waals surface area contributed by atoms with Gasteiger partial charge in [0.05, 0.1) is 26.7 Å². The van der Waals surface area contributed by atoms with Crippen LogP contribution in [0.15, 0.2) is 60.7 Å². The number of halogens is 2. The molecule has 1 N–H and O–H groups in total. The topological polar surface area (TPSA) is 56.8 Å². The van der Waals surface area contributed by atoms with Crippen molar-refractivity contribution in [1.29, 1.82) is 0 Å². The van der Waals surface area contributed by atoms with Gasteiger partial charge >= 0.3 is 0 Å². The zero-order valence-electron chi connectivity index (χ0n) is 21.6. The maximum absolute atomic E-state index is 14.9. The molecule has 7 heteroatoms. The highest BCUT2D eigenvalue weighted by atomic mass is 19.1. The lowest BCUT2D eigenvalue weighted by molar-refractivity contribution is -0.126. The van der Waals surface area contributed by atoms with Gasteiger partial charge in [0.15, 0.2) is 17.3 Å². The van der Waals surface area contributed by atoms with E-state index < -0.39 is 11.3 Å². The lowest BCUT2D eigenvalue weighted by Gasteiger charge is -2.44. The van der Waals surface area contributed by atoms with E-state index in [2.05, 4.69) is 5.32 Å². The van der Waals surface area contributed by atoms with Gasteiger partial charge in [0.2, 0.25) is 5.75 Å². The molecule has 4 rings (SSSR count). The highest BCUT2D eigenvalue weighted by Gasteiger charge is 2.50. The monoisotopic (exact) mass is 509 g/mol. The summed E-state index contributed by atoms with van der Waals surface area (Å²) >= 11 is 0. The smallest absolute Gasteiger partial charge is 0.203 e. The molecule has 37 heavy (non-hydrogen) atoms. The van der Waals surface area contributed by atoms with Crippen LogP contribution in [0.4, 0.5) is 8.78 Å². The molecule has 0 spiro atoms. The molecular weight excluding hydrogens is 476 g/mol. The van der Waals surface area contributed by atoms with Gasteiger partial charge < -0.3 is 19.5 Å². The van der Waals surface area contributed by atoms with E-state index in [1.807, 2.05) is 6.92 Å². The van der Waals surface area contributed by atoms with Crippen LogP contribution in [0, 0.1) is 17.6 Å². The molecule has 0 amide bonds. The van der Waals surface area contributed by atoms with Gasteiger partial charge in [-0.3, -0.25) is 4.79 Å². The van der Waals surface area contributed by atoms with Crippen molar-refractivity contribution in [1.82, 2.24) is 5.32 Å². The van der Waals surface area contributed by atoms with E-state index in [9.17, 15) is 13.6 Å². The molecule has 3 aromatic carbocycles. The number of benzene rings is 3. The Hall–Kier alpha value is -3.45. The second kappa shape index (κ2) is 11.3. The Balaban J connectivity index is 1.95. The molecule has 1 saturated heterocycles. The molecular formula is C30H33F2NO4. The van der Waals surface area contributed by atoms with E-state index in [0.29, 0.717) is 33.9 Å². The molecule has 0 aliphatic carbocycles. The van der Waals surface area contributed by atoms with E-state index in [-0.39, 0.29) is 23.3 Å². The molecule has 0 saturated carbocycles. The number of Topliss-reactive ketones (excluding diaryl/α,β-unsaturated/α-hetero) is 1. The van der Waals surface area contributed by atoms with Crippen LogP contribution in [0.3, 0.4) is 0 Å². The van der Waals surface area contributed by atoms with Gasteiger partial charge in [-0.05, 0) is 84.9 Å². The third-order valence-electron chi connectivity index (χ3n) is 7.52. The van der Waals surface area contributed by atoms with Gasteiger partial charge in [0.1, 0.15) is 11.6 Å². The third-order valence-corrected chi connectivity index (χ3v) is 7.52. The van der Waals surface area contributed by atoms with Crippen molar-refractivity contribution < 1.29 is 27.8 Å². The van der Waals surface area contributed by atoms with Crippen molar-refractivity contribution in [3.63, 3.8) is 0 Å². The number of hydrogen-bond acceptors (Lipinski definition) is 5. The number of nitrogens with one attached hydrogen (secondary N) is 1. The van der Waals surface area contributed by atoms with Crippen LogP contribution < -0.4 is 19.5 Å². The summed E-state index contributed by atoms with van der Waals surface area (Å²) < 4.78 is 44.6. The van der Waals surface area contributed by atoms with Crippen LogP contribution in [-0.4, -0.2) is 40.2 Å². The molecule has 196 valence electrons. The number of ether oxygens (including phenoxy) is 3. The molecule has 0 aromatic heterocycles. The van der Waals surface area contributed by atoms with E-state index in [1.54, 1.807) is 36.4 Å². The van der Waals surface area contributed by atoms with Crippen molar-refractivity contribution in [3.8, 4) is 17.2 Å². The minimum atomic E-state index is -1.12. The van der Waals surface area contributed by atoms with Gasteiger partial charge in [-0.25, -0.2) is 8.78 Å². The molecule has 0 radical (unpaired) electrons. The Labute approximate surface area is 216 Å². The fourth-order valence-electron chi connectivity index (χ4n) is 5.65. The van der Waals surface area contributed by atoms with Crippen LogP contribution in [0.1, 0.15) is 42.4 Å². The first kappa shape index (κ1) is 26.6. The third kappa shape index (κ3) is 4.92. The number of carbonyl (C=O) groups excluding carboxylic acids is 1. The summed E-state index contributed by atoms with van der Waals surface area (Å²) in [5.41, 5.74) is 0.957. The number of rotatable bonds is 9. The van der Waals surface area contributed by atoms with Gasteiger partial charge in [-0.15, -0.1) is 0 Å². The fourth-order valence-corrected chi connectivity index (χ4v) is 5.65. The van der Waals surface area contributed by atoms with E-state index in [1.165, 1.54) is 45.6 Å². The largest absolute Gasteiger partial charge is 0.493 e. The van der Waals surface area contributed by atoms with Crippen LogP contribution >= 0.6 is 0 Å². The van der Waals surface area contributed by atoms with Crippen LogP contribution in [-0.2, 0) is 10.2 Å². The molecule has 1 unspecified atom stereocenters. The lowest BCUT2D eigenvalue weighted by atomic mass is 9.58. The molecule has 1 aliphatic rings. The average molecular weight is 510 g/mol. The minimum Gasteiger partial charge on any atom is -0.493 e. The molecule has 5 nitrogen and oxygen atoms in total. The molecule has 3 aromatic rings. The molecule has 1 aliphatic heterocycles. The van der Waals surface area contributed by atoms with Gasteiger partial charge in [-0.2, -0.15) is 0 Å². The maximum atomic E-state index is 14.9. The van der Waals surface area contributed by atoms with Crippen molar-refractivity contribution >= 4 is 5.78 Å². The Kier molecular flexibility index (Phi) is 8.13. The van der Waals surface area contributed by atoms with Crippen molar-refractivity contribution in [2.45, 2.75) is 31.1 Å². The van der Waals surface area contributed by atoms with Gasteiger partial charge in [0.25, 0.3) is 0 Å². The predicted molar refractivity (Wildman–Crippen MR) is 139 cm³/mol. The summed E-state index contributed by atoms with van der Waals surface area (Å²) in [7, 11) is 4.59. The van der Waals surface area contributed by atoms with Gasteiger partial charge in [-0.1, -0.05) is 31.2 Å².